The lowest BCUT2D eigenvalue weighted by Gasteiger charge is -2.19. The topological polar surface area (TPSA) is 318 Å². The molecule has 0 saturated heterocycles. The predicted molar refractivity (Wildman–Crippen MR) is 177 cm³/mol. The van der Waals surface area contributed by atoms with Crippen molar-refractivity contribution in [3.8, 4) is 0 Å². The Labute approximate surface area is 301 Å². The van der Waals surface area contributed by atoms with Gasteiger partial charge in [0.1, 0.15) is 37.3 Å². The summed E-state index contributed by atoms with van der Waals surface area (Å²) < 4.78 is -0.505. The molecule has 0 rings (SSSR count). The van der Waals surface area contributed by atoms with Crippen LogP contribution in [-0.2, 0) is 38.4 Å². The third kappa shape index (κ3) is 19.1. The van der Waals surface area contributed by atoms with E-state index in [1.54, 1.807) is 0 Å². The Kier molecular flexibility index (Phi) is 21.9. The van der Waals surface area contributed by atoms with Gasteiger partial charge in [0.15, 0.2) is 0 Å². The molecule has 0 saturated carbocycles. The fraction of sp³-hybridized carbons (Fsp3) is 0.500. The number of amides is 4. The number of hydrogen-bond donors (Lipinski definition) is 10. The normalized spacial score (nSPS) is 14.5. The highest BCUT2D eigenvalue weighted by Gasteiger charge is 2.26. The van der Waals surface area contributed by atoms with E-state index in [2.05, 4.69) is 21.3 Å². The highest BCUT2D eigenvalue weighted by molar-refractivity contribution is 8.05. The summed E-state index contributed by atoms with van der Waals surface area (Å²) in [6.45, 7) is -1.56. The van der Waals surface area contributed by atoms with Gasteiger partial charge in [0.25, 0.3) is 0 Å². The van der Waals surface area contributed by atoms with Crippen molar-refractivity contribution in [2.45, 2.75) is 49.9 Å². The standard InChI is InChI=1S/C24H32Cl4N6O12S2/c25-17(19(27)47-7-11(21(41)31-5-15(37)38)33-13(35)3-1-9(29)23(43)44)18(26)20(28)48-8-12(22(42)32-6-16(39)40)34-14(36)4-2-10(30)24(45)46/h9-12H,1-8,29-30H2,(H,31,41)(H,32,42)(H,33,35)(H,34,36)(H,37,38)(H,39,40)(H,43,44)(H,45,46). The molecule has 0 heterocycles. The van der Waals surface area contributed by atoms with E-state index in [1.165, 1.54) is 0 Å². The second-order valence-corrected chi connectivity index (χ2v) is 13.2. The molecule has 0 aliphatic rings. The largest absolute Gasteiger partial charge is 0.480 e. The summed E-state index contributed by atoms with van der Waals surface area (Å²) in [5.74, 6) is -9.47. The van der Waals surface area contributed by atoms with Crippen molar-refractivity contribution < 1.29 is 58.8 Å². The van der Waals surface area contributed by atoms with Crippen molar-refractivity contribution in [1.82, 2.24) is 21.3 Å². The number of nitrogens with two attached hydrogens (primary N) is 2. The van der Waals surface area contributed by atoms with E-state index in [-0.39, 0.29) is 56.0 Å². The first kappa shape index (κ1) is 45.0. The maximum Gasteiger partial charge on any atom is 0.322 e. The lowest BCUT2D eigenvalue weighted by atomic mass is 10.1. The monoisotopic (exact) mass is 800 g/mol. The Morgan fingerprint density at radius 1 is 0.583 bits per heavy atom. The minimum absolute atomic E-state index is 0.252. The Hall–Kier alpha value is -2.98. The number of hydrogen-bond acceptors (Lipinski definition) is 12. The molecule has 0 aromatic carbocycles. The predicted octanol–water partition coefficient (Wildman–Crippen LogP) is -0.498. The fourth-order valence-corrected chi connectivity index (χ4v) is 5.75. The average molecular weight is 802 g/mol. The molecule has 0 aromatic heterocycles. The van der Waals surface area contributed by atoms with Crippen molar-refractivity contribution in [2.75, 3.05) is 24.6 Å². The lowest BCUT2D eigenvalue weighted by molar-refractivity contribution is -0.140. The van der Waals surface area contributed by atoms with Gasteiger partial charge in [-0.05, 0) is 12.8 Å². The molecule has 12 N–H and O–H groups in total. The van der Waals surface area contributed by atoms with Gasteiger partial charge in [0.05, 0.1) is 18.8 Å². The molecule has 0 radical (unpaired) electrons. The Balaban J connectivity index is 5.72. The molecule has 0 spiro atoms. The highest BCUT2D eigenvalue weighted by atomic mass is 35.5. The molecule has 4 atom stereocenters. The number of halogens is 4. The molecular weight excluding hydrogens is 770 g/mol. The summed E-state index contributed by atoms with van der Waals surface area (Å²) in [6.07, 6.45) is -1.27. The second kappa shape index (κ2) is 23.4. The highest BCUT2D eigenvalue weighted by Crippen LogP contribution is 2.38. The number of thioether (sulfide) groups is 2. The fourth-order valence-electron chi connectivity index (χ4n) is 2.90. The van der Waals surface area contributed by atoms with Gasteiger partial charge >= 0.3 is 23.9 Å². The van der Waals surface area contributed by atoms with Crippen LogP contribution in [0.1, 0.15) is 25.7 Å². The van der Waals surface area contributed by atoms with E-state index in [9.17, 15) is 38.4 Å². The molecule has 0 bridgehead atoms. The number of nitrogens with one attached hydrogen (secondary N) is 4. The number of rotatable bonds is 23. The zero-order valence-corrected chi connectivity index (χ0v) is 29.2. The van der Waals surface area contributed by atoms with E-state index in [4.69, 9.17) is 78.3 Å². The molecule has 18 nitrogen and oxygen atoms in total. The summed E-state index contributed by atoms with van der Waals surface area (Å²) >= 11 is 26.3. The third-order valence-corrected chi connectivity index (χ3v) is 9.64. The summed E-state index contributed by atoms with van der Waals surface area (Å²) in [5, 5.41) is 43.5. The number of allylic oxidation sites excluding steroid dienone is 2. The van der Waals surface area contributed by atoms with Gasteiger partial charge in [-0.3, -0.25) is 38.4 Å². The van der Waals surface area contributed by atoms with Gasteiger partial charge < -0.3 is 53.2 Å². The SMILES string of the molecule is NC(CCC(=O)NC(CSC(Cl)=C(Cl)C(Cl)=C(Cl)SCC(NC(=O)CCC(N)C(=O)O)C(=O)NCC(=O)O)C(=O)NCC(=O)O)C(=O)O. The van der Waals surface area contributed by atoms with Crippen LogP contribution in [0.4, 0.5) is 0 Å². The van der Waals surface area contributed by atoms with Crippen molar-refractivity contribution >= 4 is 117 Å². The average Bonchev–Trinajstić information content (AvgIpc) is 3.02. The molecule has 0 aliphatic heterocycles. The smallest absolute Gasteiger partial charge is 0.322 e. The molecule has 0 fully saturated rings. The minimum Gasteiger partial charge on any atom is -0.480 e. The number of carboxylic acids is 4. The van der Waals surface area contributed by atoms with E-state index in [1.807, 2.05) is 0 Å². The molecule has 48 heavy (non-hydrogen) atoms. The second-order valence-electron chi connectivity index (χ2n) is 9.23. The van der Waals surface area contributed by atoms with Crippen molar-refractivity contribution in [3.05, 3.63) is 18.8 Å². The molecular formula is C24H32Cl4N6O12S2. The molecule has 0 aliphatic carbocycles. The Morgan fingerprint density at radius 3 is 1.17 bits per heavy atom. The number of aliphatic carboxylic acids is 4. The van der Waals surface area contributed by atoms with Crippen LogP contribution in [0, 0.1) is 0 Å². The molecule has 24 heteroatoms. The Morgan fingerprint density at radius 2 is 0.896 bits per heavy atom. The molecule has 4 amide bonds. The lowest BCUT2D eigenvalue weighted by Crippen LogP contribution is -2.49. The van der Waals surface area contributed by atoms with Crippen LogP contribution in [0.3, 0.4) is 0 Å². The first-order valence-electron chi connectivity index (χ1n) is 13.2. The first-order valence-corrected chi connectivity index (χ1v) is 16.7. The van der Waals surface area contributed by atoms with Crippen LogP contribution < -0.4 is 32.7 Å². The van der Waals surface area contributed by atoms with E-state index >= 15 is 0 Å². The van der Waals surface area contributed by atoms with Crippen LogP contribution in [-0.4, -0.2) is 117 Å². The van der Waals surface area contributed by atoms with Crippen molar-refractivity contribution in [2.24, 2.45) is 11.5 Å². The van der Waals surface area contributed by atoms with E-state index in [0.717, 1.165) is 0 Å². The van der Waals surface area contributed by atoms with Gasteiger partial charge in [-0.2, -0.15) is 0 Å². The van der Waals surface area contributed by atoms with E-state index < -0.39 is 84.8 Å². The van der Waals surface area contributed by atoms with Crippen molar-refractivity contribution in [3.63, 3.8) is 0 Å². The minimum atomic E-state index is -1.38. The van der Waals surface area contributed by atoms with Gasteiger partial charge in [-0.1, -0.05) is 46.4 Å². The molecule has 270 valence electrons. The molecule has 0 aromatic rings. The summed E-state index contributed by atoms with van der Waals surface area (Å²) in [6, 6.07) is -5.45. The number of carboxylic acid groups (broad SMARTS) is 4. The maximum absolute atomic E-state index is 12.5. The quantitative estimate of drug-likeness (QED) is 0.0583. The zero-order chi connectivity index (χ0) is 37.1. The third-order valence-electron chi connectivity index (χ3n) is 5.42. The van der Waals surface area contributed by atoms with Crippen LogP contribution in [0.15, 0.2) is 18.8 Å². The summed E-state index contributed by atoms with van der Waals surface area (Å²) in [5.41, 5.74) is 10.7. The maximum atomic E-state index is 12.5. The van der Waals surface area contributed by atoms with Gasteiger partial charge in [0.2, 0.25) is 23.6 Å². The van der Waals surface area contributed by atoms with Gasteiger partial charge in [0, 0.05) is 24.3 Å². The Bertz CT molecular complexity index is 1210. The van der Waals surface area contributed by atoms with Crippen LogP contribution in [0.2, 0.25) is 0 Å². The number of carbonyl (C=O) groups is 8. The van der Waals surface area contributed by atoms with Gasteiger partial charge in [-0.15, -0.1) is 23.5 Å². The number of carbonyl (C=O) groups excluding carboxylic acids is 4. The zero-order valence-electron chi connectivity index (χ0n) is 24.5. The van der Waals surface area contributed by atoms with Crippen molar-refractivity contribution in [1.29, 1.82) is 0 Å². The van der Waals surface area contributed by atoms with Crippen LogP contribution in [0.25, 0.3) is 0 Å². The van der Waals surface area contributed by atoms with E-state index in [0.29, 0.717) is 23.5 Å². The van der Waals surface area contributed by atoms with Crippen LogP contribution in [0.5, 0.6) is 0 Å². The van der Waals surface area contributed by atoms with Crippen LogP contribution >= 0.6 is 69.9 Å². The van der Waals surface area contributed by atoms with Gasteiger partial charge in [-0.25, -0.2) is 0 Å². The molecule has 4 unspecified atom stereocenters. The summed E-state index contributed by atoms with van der Waals surface area (Å²) in [7, 11) is 0. The summed E-state index contributed by atoms with van der Waals surface area (Å²) in [4.78, 5) is 93.1. The first-order chi connectivity index (χ1) is 22.3.